The largest absolute Gasteiger partial charge is 0.457 e. The molecule has 314 valence electrons. The molecule has 0 atom stereocenters. The van der Waals surface area contributed by atoms with Crippen LogP contribution in [-0.4, -0.2) is 59.7 Å². The highest BCUT2D eigenvalue weighted by molar-refractivity contribution is 7.85. The van der Waals surface area contributed by atoms with E-state index in [0.717, 1.165) is 40.2 Å². The molecule has 1 N–H and O–H groups in total. The predicted molar refractivity (Wildman–Crippen MR) is 229 cm³/mol. The number of carbonyl (C=O) groups is 3. The lowest BCUT2D eigenvalue weighted by Crippen LogP contribution is -2.34. The van der Waals surface area contributed by atoms with Crippen molar-refractivity contribution in [1.82, 2.24) is 5.06 Å². The first-order chi connectivity index (χ1) is 28.9. The van der Waals surface area contributed by atoms with Gasteiger partial charge >= 0.3 is 5.97 Å². The predicted octanol–water partition coefficient (Wildman–Crippen LogP) is 8.91. The third-order valence-corrected chi connectivity index (χ3v) is 13.1. The molecule has 0 unspecified atom stereocenters. The summed E-state index contributed by atoms with van der Waals surface area (Å²) in [7, 11) is -2.34. The maximum Gasteiger partial charge on any atom is 0.335 e. The Morgan fingerprint density at radius 1 is 0.885 bits per heavy atom. The average molecular weight is 845 g/mol. The molecule has 4 aromatic carbocycles. The number of hydrogen-bond acceptors (Lipinski definition) is 8. The second kappa shape index (κ2) is 15.7. The number of imide groups is 1. The second-order valence-electron chi connectivity index (χ2n) is 16.8. The van der Waals surface area contributed by atoms with Crippen LogP contribution >= 0.6 is 0 Å². The van der Waals surface area contributed by atoms with E-state index in [-0.39, 0.29) is 36.1 Å². The van der Waals surface area contributed by atoms with Gasteiger partial charge in [-0.15, -0.1) is 5.06 Å². The van der Waals surface area contributed by atoms with Crippen LogP contribution in [0.5, 0.6) is 5.75 Å². The van der Waals surface area contributed by atoms with Crippen LogP contribution in [-0.2, 0) is 40.2 Å². The van der Waals surface area contributed by atoms with E-state index >= 15 is 0 Å². The van der Waals surface area contributed by atoms with Crippen molar-refractivity contribution in [2.24, 2.45) is 0 Å². The molecule has 1 saturated heterocycles. The Morgan fingerprint density at radius 3 is 2.33 bits per heavy atom. The quantitative estimate of drug-likeness (QED) is 0.0944. The SMILES string of the molecule is C[N+]1=C(C=CC2=C(Oc3ccc(S(=O)(=O)O)cc3)C(=CC=C3N(CCC(=O)ON4C(=O)CCC4=O)c4ccc(F)cc4C3(C)C)CCC2)C(C)(C)c2c1ccc1ccccc21. The highest BCUT2D eigenvalue weighted by Gasteiger charge is 2.44. The van der Waals surface area contributed by atoms with Gasteiger partial charge in [0.15, 0.2) is 5.71 Å². The lowest BCUT2D eigenvalue weighted by Gasteiger charge is -2.27. The van der Waals surface area contributed by atoms with Crippen LogP contribution in [0.15, 0.2) is 131 Å². The summed E-state index contributed by atoms with van der Waals surface area (Å²) >= 11 is 0. The molecule has 3 aliphatic heterocycles. The van der Waals surface area contributed by atoms with Crippen LogP contribution in [0, 0.1) is 5.82 Å². The van der Waals surface area contributed by atoms with Crippen molar-refractivity contribution in [2.75, 3.05) is 18.5 Å². The first-order valence-corrected chi connectivity index (χ1v) is 21.7. The minimum absolute atomic E-state index is 0.0133. The smallest absolute Gasteiger partial charge is 0.335 e. The molecule has 0 aromatic heterocycles. The fourth-order valence-electron chi connectivity index (χ4n) is 9.10. The van der Waals surface area contributed by atoms with E-state index in [4.69, 9.17) is 9.57 Å². The van der Waals surface area contributed by atoms with Crippen LogP contribution in [0.1, 0.15) is 77.3 Å². The van der Waals surface area contributed by atoms with Gasteiger partial charge in [0.2, 0.25) is 5.69 Å². The van der Waals surface area contributed by atoms with E-state index in [9.17, 15) is 31.7 Å². The molecular formula is C48H47FN3O8S+. The topological polar surface area (TPSA) is 134 Å². The molecule has 1 aliphatic carbocycles. The first-order valence-electron chi connectivity index (χ1n) is 20.3. The zero-order chi connectivity index (χ0) is 43.4. The van der Waals surface area contributed by atoms with Crippen LogP contribution in [0.4, 0.5) is 15.8 Å². The van der Waals surface area contributed by atoms with E-state index in [1.165, 1.54) is 52.7 Å². The van der Waals surface area contributed by atoms with Gasteiger partial charge in [-0.25, -0.2) is 9.18 Å². The summed E-state index contributed by atoms with van der Waals surface area (Å²) < 4.78 is 57.0. The van der Waals surface area contributed by atoms with Crippen molar-refractivity contribution < 1.29 is 45.9 Å². The molecule has 1 fully saturated rings. The van der Waals surface area contributed by atoms with Gasteiger partial charge in [-0.3, -0.25) is 14.1 Å². The monoisotopic (exact) mass is 844 g/mol. The fourth-order valence-corrected chi connectivity index (χ4v) is 9.58. The third kappa shape index (κ3) is 7.72. The number of hydrogen-bond donors (Lipinski definition) is 1. The molecule has 13 heteroatoms. The van der Waals surface area contributed by atoms with E-state index in [2.05, 4.69) is 68.0 Å². The molecule has 4 aromatic rings. The normalized spacial score (nSPS) is 19.9. The van der Waals surface area contributed by atoms with Crippen LogP contribution in [0.2, 0.25) is 0 Å². The minimum Gasteiger partial charge on any atom is -0.457 e. The molecule has 61 heavy (non-hydrogen) atoms. The highest BCUT2D eigenvalue weighted by atomic mass is 32.2. The number of benzene rings is 4. The highest BCUT2D eigenvalue weighted by Crippen LogP contribution is 2.49. The van der Waals surface area contributed by atoms with Gasteiger partial charge in [0, 0.05) is 53.9 Å². The number of rotatable bonds is 10. The summed E-state index contributed by atoms with van der Waals surface area (Å²) in [5.74, 6) is -1.31. The number of fused-ring (bicyclic) bond motifs is 4. The zero-order valence-electron chi connectivity index (χ0n) is 34.7. The van der Waals surface area contributed by atoms with E-state index in [1.54, 1.807) is 6.07 Å². The van der Waals surface area contributed by atoms with Crippen LogP contribution in [0.3, 0.4) is 0 Å². The van der Waals surface area contributed by atoms with Gasteiger partial charge in [0.1, 0.15) is 24.4 Å². The Morgan fingerprint density at radius 2 is 1.61 bits per heavy atom. The van der Waals surface area contributed by atoms with Gasteiger partial charge < -0.3 is 14.5 Å². The summed E-state index contributed by atoms with van der Waals surface area (Å²) in [5.41, 5.74) is 6.46. The summed E-state index contributed by atoms with van der Waals surface area (Å²) in [4.78, 5) is 44.1. The van der Waals surface area contributed by atoms with Crippen LogP contribution in [0.25, 0.3) is 10.8 Å². The summed E-state index contributed by atoms with van der Waals surface area (Å²) in [5, 5.41) is 2.91. The van der Waals surface area contributed by atoms with Crippen molar-refractivity contribution in [1.29, 1.82) is 0 Å². The van der Waals surface area contributed by atoms with Crippen molar-refractivity contribution >= 4 is 55.8 Å². The molecule has 0 spiro atoms. The maximum atomic E-state index is 14.8. The van der Waals surface area contributed by atoms with E-state index in [1.807, 2.05) is 37.0 Å². The maximum absolute atomic E-state index is 14.8. The van der Waals surface area contributed by atoms with Gasteiger partial charge in [-0.1, -0.05) is 44.2 Å². The number of hydroxylamine groups is 2. The molecule has 2 amide bonds. The Balaban J connectivity index is 1.18. The van der Waals surface area contributed by atoms with Crippen LogP contribution < -0.4 is 9.64 Å². The number of anilines is 1. The average Bonchev–Trinajstić information content (AvgIpc) is 3.72. The molecule has 3 heterocycles. The number of nitrogens with zero attached hydrogens (tertiary/aromatic N) is 3. The minimum atomic E-state index is -4.42. The molecule has 0 saturated carbocycles. The molecule has 0 bridgehead atoms. The number of ether oxygens (including phenoxy) is 1. The van der Waals surface area contributed by atoms with Crippen molar-refractivity contribution in [2.45, 2.75) is 81.9 Å². The van der Waals surface area contributed by atoms with E-state index in [0.29, 0.717) is 35.1 Å². The number of halogens is 1. The lowest BCUT2D eigenvalue weighted by atomic mass is 9.78. The van der Waals surface area contributed by atoms with Gasteiger partial charge in [-0.2, -0.15) is 13.0 Å². The standard InChI is InChI=1S/C48H46FN3O8S/c1-47(2)37-29-33(49)16-22-38(37)51(28-27-44(55)60-52-42(53)25-26-43(52)54)41(47)24-15-32-11-8-10-31(46(32)59-34-17-19-35(20-18-34)61(56,57)58)14-23-40-48(3,4)45-36-12-7-6-9-30(36)13-21-39(45)50(40)5/h6-7,9,12-24,29H,8,10-11,25-28H2,1-5H3/p+1. The van der Waals surface area contributed by atoms with Crippen molar-refractivity contribution in [3.63, 3.8) is 0 Å². The number of amides is 2. The fraction of sp³-hybridized carbons (Fsp3) is 0.292. The molecule has 8 rings (SSSR count). The number of carbonyl (C=O) groups excluding carboxylic acids is 3. The lowest BCUT2D eigenvalue weighted by molar-refractivity contribution is -0.401. The summed E-state index contributed by atoms with van der Waals surface area (Å²) in [6.07, 6.45) is 10.1. The first kappa shape index (κ1) is 41.5. The van der Waals surface area contributed by atoms with Crippen molar-refractivity contribution in [3.05, 3.63) is 143 Å². The second-order valence-corrected chi connectivity index (χ2v) is 18.2. The van der Waals surface area contributed by atoms with Crippen molar-refractivity contribution in [3.8, 4) is 5.75 Å². The third-order valence-electron chi connectivity index (χ3n) is 12.2. The number of allylic oxidation sites excluding steroid dienone is 7. The molecular weight excluding hydrogens is 798 g/mol. The van der Waals surface area contributed by atoms with Gasteiger partial charge in [-0.05, 0) is 121 Å². The Bertz CT molecular complexity index is 2780. The van der Waals surface area contributed by atoms with E-state index < -0.39 is 39.1 Å². The molecule has 4 aliphatic rings. The molecule has 0 radical (unpaired) electrons. The van der Waals surface area contributed by atoms with Gasteiger partial charge in [0.05, 0.1) is 16.7 Å². The zero-order valence-corrected chi connectivity index (χ0v) is 35.5. The van der Waals surface area contributed by atoms with Gasteiger partial charge in [0.25, 0.3) is 21.9 Å². The Hall–Kier alpha value is -6.18. The summed E-state index contributed by atoms with van der Waals surface area (Å²) in [6, 6.07) is 22.8. The Kier molecular flexibility index (Phi) is 10.7. The Labute approximate surface area is 354 Å². The summed E-state index contributed by atoms with van der Waals surface area (Å²) in [6.45, 7) is 8.54. The molecule has 11 nitrogen and oxygen atoms in total.